The summed E-state index contributed by atoms with van der Waals surface area (Å²) >= 11 is 0. The topological polar surface area (TPSA) is 122 Å². The molecular formula is C11H13NO7. The molecule has 2 rings (SSSR count). The number of nitro groups is 1. The van der Waals surface area contributed by atoms with Gasteiger partial charge in [0, 0.05) is 12.1 Å². The van der Waals surface area contributed by atoms with E-state index in [-0.39, 0.29) is 18.0 Å². The largest absolute Gasteiger partial charge is 0.485 e. The summed E-state index contributed by atoms with van der Waals surface area (Å²) in [5.74, 6) is 0.239. The first-order valence-corrected chi connectivity index (χ1v) is 5.56. The summed E-state index contributed by atoms with van der Waals surface area (Å²) in [5, 5.41) is 39.1. The second-order valence-electron chi connectivity index (χ2n) is 4.12. The molecule has 1 aliphatic heterocycles. The van der Waals surface area contributed by atoms with Gasteiger partial charge in [-0.15, -0.1) is 0 Å². The second kappa shape index (κ2) is 5.49. The van der Waals surface area contributed by atoms with Crippen LogP contribution in [0.4, 0.5) is 5.69 Å². The minimum absolute atomic E-state index is 0.0968. The lowest BCUT2D eigenvalue weighted by Crippen LogP contribution is -2.55. The van der Waals surface area contributed by atoms with Crippen molar-refractivity contribution in [1.82, 2.24) is 0 Å². The molecule has 8 heteroatoms. The second-order valence-corrected chi connectivity index (χ2v) is 4.12. The third-order valence-corrected chi connectivity index (χ3v) is 2.77. The number of hydrogen-bond acceptors (Lipinski definition) is 7. The van der Waals surface area contributed by atoms with Crippen LogP contribution in [0.3, 0.4) is 0 Å². The number of ether oxygens (including phenoxy) is 2. The molecule has 3 N–H and O–H groups in total. The van der Waals surface area contributed by atoms with Crippen molar-refractivity contribution in [3.63, 3.8) is 0 Å². The average Bonchev–Trinajstić information content (AvgIpc) is 2.40. The Labute approximate surface area is 108 Å². The SMILES string of the molecule is O=[N+]([O-])c1ccc(O[C@H]2[C@@H](O)[C@H](O)OC[C@H]2O)cc1. The smallest absolute Gasteiger partial charge is 0.269 e. The van der Waals surface area contributed by atoms with Crippen LogP contribution < -0.4 is 4.74 Å². The first kappa shape index (κ1) is 13.7. The Morgan fingerprint density at radius 1 is 1.26 bits per heavy atom. The van der Waals surface area contributed by atoms with Crippen molar-refractivity contribution in [2.45, 2.75) is 24.6 Å². The van der Waals surface area contributed by atoms with Crippen molar-refractivity contribution >= 4 is 5.69 Å². The number of non-ortho nitro benzene ring substituents is 1. The minimum Gasteiger partial charge on any atom is -0.485 e. The lowest BCUT2D eigenvalue weighted by atomic mass is 10.1. The number of rotatable bonds is 3. The molecule has 0 spiro atoms. The van der Waals surface area contributed by atoms with Crippen LogP contribution in [0.1, 0.15) is 0 Å². The standard InChI is InChI=1S/C11H13NO7/c13-8-5-18-11(15)9(14)10(8)19-7-3-1-6(2-4-7)12(16)17/h1-4,8-11,13-15H,5H2/t8-,9-,10-,11-/m1/s1. The summed E-state index contributed by atoms with van der Waals surface area (Å²) in [5.41, 5.74) is -0.0968. The minimum atomic E-state index is -1.44. The molecule has 104 valence electrons. The Morgan fingerprint density at radius 2 is 1.89 bits per heavy atom. The molecule has 1 saturated heterocycles. The summed E-state index contributed by atoms with van der Waals surface area (Å²) in [4.78, 5) is 9.93. The summed E-state index contributed by atoms with van der Waals surface area (Å²) < 4.78 is 10.0. The van der Waals surface area contributed by atoms with Gasteiger partial charge in [0.05, 0.1) is 11.5 Å². The average molecular weight is 271 g/mol. The summed E-state index contributed by atoms with van der Waals surface area (Å²) in [7, 11) is 0. The molecule has 1 aromatic carbocycles. The van der Waals surface area contributed by atoms with Gasteiger partial charge >= 0.3 is 0 Å². The predicted octanol–water partition coefficient (Wildman–Crippen LogP) is -0.587. The fourth-order valence-electron chi connectivity index (χ4n) is 1.73. The molecule has 0 saturated carbocycles. The normalized spacial score (nSPS) is 30.9. The van der Waals surface area contributed by atoms with E-state index in [4.69, 9.17) is 9.47 Å². The molecule has 0 aromatic heterocycles. The Kier molecular flexibility index (Phi) is 3.96. The van der Waals surface area contributed by atoms with E-state index >= 15 is 0 Å². The quantitative estimate of drug-likeness (QED) is 0.496. The molecule has 0 aliphatic carbocycles. The number of benzene rings is 1. The van der Waals surface area contributed by atoms with Crippen LogP contribution in [0.15, 0.2) is 24.3 Å². The molecule has 1 aliphatic rings. The lowest BCUT2D eigenvalue weighted by Gasteiger charge is -2.35. The monoisotopic (exact) mass is 271 g/mol. The highest BCUT2D eigenvalue weighted by molar-refractivity contribution is 5.36. The molecule has 0 bridgehead atoms. The zero-order chi connectivity index (χ0) is 14.0. The highest BCUT2D eigenvalue weighted by Crippen LogP contribution is 2.23. The van der Waals surface area contributed by atoms with Crippen LogP contribution >= 0.6 is 0 Å². The van der Waals surface area contributed by atoms with Crippen molar-refractivity contribution in [3.05, 3.63) is 34.4 Å². The fourth-order valence-corrected chi connectivity index (χ4v) is 1.73. The van der Waals surface area contributed by atoms with Crippen LogP contribution in [-0.2, 0) is 4.74 Å². The van der Waals surface area contributed by atoms with Gasteiger partial charge in [-0.1, -0.05) is 0 Å². The Balaban J connectivity index is 2.08. The molecule has 8 nitrogen and oxygen atoms in total. The van der Waals surface area contributed by atoms with Gasteiger partial charge in [-0.25, -0.2) is 0 Å². The van der Waals surface area contributed by atoms with Crippen molar-refractivity contribution in [3.8, 4) is 5.75 Å². The molecule has 0 unspecified atom stereocenters. The molecule has 4 atom stereocenters. The number of hydrogen-bond donors (Lipinski definition) is 3. The van der Waals surface area contributed by atoms with Gasteiger partial charge in [-0.3, -0.25) is 10.1 Å². The third-order valence-electron chi connectivity index (χ3n) is 2.77. The van der Waals surface area contributed by atoms with E-state index < -0.39 is 29.5 Å². The van der Waals surface area contributed by atoms with Gasteiger partial charge in [0.2, 0.25) is 0 Å². The van der Waals surface area contributed by atoms with Crippen LogP contribution in [0, 0.1) is 10.1 Å². The van der Waals surface area contributed by atoms with Crippen LogP contribution in [0.2, 0.25) is 0 Å². The summed E-state index contributed by atoms with van der Waals surface area (Å²) in [6.45, 7) is -0.171. The van der Waals surface area contributed by atoms with Gasteiger partial charge in [0.25, 0.3) is 5.69 Å². The van der Waals surface area contributed by atoms with Gasteiger partial charge in [-0.2, -0.15) is 0 Å². The molecule has 1 heterocycles. The summed E-state index contributed by atoms with van der Waals surface area (Å²) in [6.07, 6.45) is -5.01. The first-order valence-electron chi connectivity index (χ1n) is 5.56. The molecule has 1 aromatic rings. The maximum absolute atomic E-state index is 10.5. The highest BCUT2D eigenvalue weighted by Gasteiger charge is 2.39. The summed E-state index contributed by atoms with van der Waals surface area (Å²) in [6, 6.07) is 5.17. The molecule has 19 heavy (non-hydrogen) atoms. The van der Waals surface area contributed by atoms with Crippen molar-refractivity contribution < 1.29 is 29.7 Å². The lowest BCUT2D eigenvalue weighted by molar-refractivity contribution is -0.384. The van der Waals surface area contributed by atoms with E-state index in [0.717, 1.165) is 0 Å². The number of nitro benzene ring substituents is 1. The Morgan fingerprint density at radius 3 is 2.47 bits per heavy atom. The van der Waals surface area contributed by atoms with Gasteiger partial charge in [0.1, 0.15) is 18.0 Å². The van der Waals surface area contributed by atoms with Crippen molar-refractivity contribution in [2.24, 2.45) is 0 Å². The molecule has 0 radical (unpaired) electrons. The third kappa shape index (κ3) is 2.99. The maximum atomic E-state index is 10.5. The highest BCUT2D eigenvalue weighted by atomic mass is 16.6. The van der Waals surface area contributed by atoms with Gasteiger partial charge in [0.15, 0.2) is 12.4 Å². The van der Waals surface area contributed by atoms with Crippen LogP contribution in [-0.4, -0.2) is 51.5 Å². The van der Waals surface area contributed by atoms with E-state index in [9.17, 15) is 25.4 Å². The predicted molar refractivity (Wildman–Crippen MR) is 61.5 cm³/mol. The maximum Gasteiger partial charge on any atom is 0.269 e. The Bertz CT molecular complexity index is 449. The first-order chi connectivity index (χ1) is 8.99. The Hall–Kier alpha value is -1.74. The number of aliphatic hydroxyl groups is 3. The zero-order valence-electron chi connectivity index (χ0n) is 9.75. The number of nitrogens with zero attached hydrogens (tertiary/aromatic N) is 1. The van der Waals surface area contributed by atoms with E-state index in [1.807, 2.05) is 0 Å². The van der Waals surface area contributed by atoms with Crippen molar-refractivity contribution in [2.75, 3.05) is 6.61 Å². The van der Waals surface area contributed by atoms with E-state index in [2.05, 4.69) is 0 Å². The van der Waals surface area contributed by atoms with Gasteiger partial charge < -0.3 is 24.8 Å². The molecule has 0 amide bonds. The van der Waals surface area contributed by atoms with Gasteiger partial charge in [-0.05, 0) is 12.1 Å². The van der Waals surface area contributed by atoms with E-state index in [1.54, 1.807) is 0 Å². The zero-order valence-corrected chi connectivity index (χ0v) is 9.75. The molecular weight excluding hydrogens is 258 g/mol. The van der Waals surface area contributed by atoms with E-state index in [0.29, 0.717) is 0 Å². The van der Waals surface area contributed by atoms with Crippen LogP contribution in [0.5, 0.6) is 5.75 Å². The fraction of sp³-hybridized carbons (Fsp3) is 0.455. The number of aliphatic hydroxyl groups excluding tert-OH is 3. The van der Waals surface area contributed by atoms with E-state index in [1.165, 1.54) is 24.3 Å². The molecule has 1 fully saturated rings. The van der Waals surface area contributed by atoms with Crippen molar-refractivity contribution in [1.29, 1.82) is 0 Å². The van der Waals surface area contributed by atoms with Crippen LogP contribution in [0.25, 0.3) is 0 Å².